The number of carbonyl (C=O) groups excluding carboxylic acids is 1. The molecule has 0 aliphatic rings. The van der Waals surface area contributed by atoms with Crippen LogP contribution in [0.15, 0.2) is 36.4 Å². The summed E-state index contributed by atoms with van der Waals surface area (Å²) in [6, 6.07) is 7.10. The van der Waals surface area contributed by atoms with E-state index in [0.717, 1.165) is 31.4 Å². The Kier molecular flexibility index (Phi) is 7.25. The van der Waals surface area contributed by atoms with Crippen LogP contribution in [0.3, 0.4) is 0 Å². The number of carbonyl (C=O) groups is 2. The second kappa shape index (κ2) is 9.45. The van der Waals surface area contributed by atoms with Gasteiger partial charge in [-0.25, -0.2) is 0 Å². The molecule has 0 aromatic heterocycles. The zero-order valence-electron chi connectivity index (χ0n) is 15.9. The van der Waals surface area contributed by atoms with Crippen molar-refractivity contribution in [2.24, 2.45) is 0 Å². The van der Waals surface area contributed by atoms with Gasteiger partial charge in [0.1, 0.15) is 11.5 Å². The van der Waals surface area contributed by atoms with Gasteiger partial charge in [-0.2, -0.15) is 13.2 Å². The van der Waals surface area contributed by atoms with Crippen molar-refractivity contribution in [2.45, 2.75) is 45.2 Å². The number of alkyl halides is 3. The van der Waals surface area contributed by atoms with Crippen molar-refractivity contribution in [1.29, 1.82) is 0 Å². The number of ketones is 1. The van der Waals surface area contributed by atoms with E-state index in [1.54, 1.807) is 0 Å². The first kappa shape index (κ1) is 22.3. The van der Waals surface area contributed by atoms with E-state index in [0.29, 0.717) is 12.0 Å². The summed E-state index contributed by atoms with van der Waals surface area (Å²) in [7, 11) is 0. The molecule has 0 aliphatic heterocycles. The molecule has 8 heteroatoms. The lowest BCUT2D eigenvalue weighted by atomic mass is 10.0. The van der Waals surface area contributed by atoms with Gasteiger partial charge in [0, 0.05) is 12.0 Å². The van der Waals surface area contributed by atoms with Gasteiger partial charge in [-0.05, 0) is 48.4 Å². The van der Waals surface area contributed by atoms with E-state index >= 15 is 0 Å². The van der Waals surface area contributed by atoms with Crippen LogP contribution in [0.5, 0.6) is 11.5 Å². The molecule has 2 aromatic carbocycles. The van der Waals surface area contributed by atoms with Crippen molar-refractivity contribution in [2.75, 3.05) is 5.73 Å². The van der Waals surface area contributed by atoms with Crippen molar-refractivity contribution in [3.63, 3.8) is 0 Å². The SMILES string of the molecule is CCCCCC(=O)c1ccc(Oc2cc(CC(=O)O)cc(C(F)(F)F)c2)c(N)c1. The van der Waals surface area contributed by atoms with Crippen LogP contribution in [0.2, 0.25) is 0 Å². The van der Waals surface area contributed by atoms with E-state index in [4.69, 9.17) is 15.6 Å². The first-order valence-electron chi connectivity index (χ1n) is 9.13. The molecule has 5 nitrogen and oxygen atoms in total. The Labute approximate surface area is 166 Å². The van der Waals surface area contributed by atoms with Crippen LogP contribution in [0.4, 0.5) is 18.9 Å². The number of hydrogen-bond donors (Lipinski definition) is 2. The van der Waals surface area contributed by atoms with Crippen LogP contribution in [-0.2, 0) is 17.4 Å². The minimum absolute atomic E-state index is 0.0522. The van der Waals surface area contributed by atoms with Crippen LogP contribution in [0, 0.1) is 0 Å². The zero-order chi connectivity index (χ0) is 21.6. The van der Waals surface area contributed by atoms with E-state index in [9.17, 15) is 22.8 Å². The molecule has 0 aliphatic carbocycles. The van der Waals surface area contributed by atoms with Gasteiger partial charge >= 0.3 is 12.1 Å². The van der Waals surface area contributed by atoms with Crippen molar-refractivity contribution in [3.05, 3.63) is 53.1 Å². The maximum Gasteiger partial charge on any atom is 0.416 e. The number of unbranched alkanes of at least 4 members (excludes halogenated alkanes) is 2. The van der Waals surface area contributed by atoms with Gasteiger partial charge in [-0.15, -0.1) is 0 Å². The summed E-state index contributed by atoms with van der Waals surface area (Å²) in [5, 5.41) is 8.87. The van der Waals surface area contributed by atoms with E-state index in [1.807, 2.05) is 6.92 Å². The van der Waals surface area contributed by atoms with Gasteiger partial charge in [-0.1, -0.05) is 19.8 Å². The first-order valence-corrected chi connectivity index (χ1v) is 9.13. The number of hydrogen-bond acceptors (Lipinski definition) is 4. The fourth-order valence-corrected chi connectivity index (χ4v) is 2.78. The van der Waals surface area contributed by atoms with Crippen LogP contribution in [-0.4, -0.2) is 16.9 Å². The average molecular weight is 409 g/mol. The minimum atomic E-state index is -4.66. The van der Waals surface area contributed by atoms with Gasteiger partial charge in [-0.3, -0.25) is 9.59 Å². The molecule has 0 spiro atoms. The average Bonchev–Trinajstić information content (AvgIpc) is 2.62. The molecular formula is C21H22F3NO4. The number of nitrogen functional groups attached to an aromatic ring is 1. The second-order valence-corrected chi connectivity index (χ2v) is 6.67. The molecule has 0 atom stereocenters. The summed E-state index contributed by atoms with van der Waals surface area (Å²) >= 11 is 0. The first-order chi connectivity index (χ1) is 13.6. The Morgan fingerprint density at radius 1 is 1.10 bits per heavy atom. The fraction of sp³-hybridized carbons (Fsp3) is 0.333. The number of anilines is 1. The molecule has 0 saturated heterocycles. The highest BCUT2D eigenvalue weighted by atomic mass is 19.4. The highest BCUT2D eigenvalue weighted by Crippen LogP contribution is 2.35. The molecule has 156 valence electrons. The number of ether oxygens (including phenoxy) is 1. The third-order valence-electron chi connectivity index (χ3n) is 4.22. The topological polar surface area (TPSA) is 89.6 Å². The lowest BCUT2D eigenvalue weighted by Gasteiger charge is -2.14. The third-order valence-corrected chi connectivity index (χ3v) is 4.22. The lowest BCUT2D eigenvalue weighted by Crippen LogP contribution is -2.08. The number of halogens is 3. The molecule has 0 saturated carbocycles. The highest BCUT2D eigenvalue weighted by molar-refractivity contribution is 5.97. The summed E-state index contributed by atoms with van der Waals surface area (Å²) in [4.78, 5) is 23.0. The van der Waals surface area contributed by atoms with Gasteiger partial charge in [0.05, 0.1) is 17.7 Å². The van der Waals surface area contributed by atoms with Gasteiger partial charge < -0.3 is 15.6 Å². The van der Waals surface area contributed by atoms with Crippen molar-refractivity contribution in [3.8, 4) is 11.5 Å². The fourth-order valence-electron chi connectivity index (χ4n) is 2.78. The second-order valence-electron chi connectivity index (χ2n) is 6.67. The number of rotatable bonds is 9. The standard InChI is InChI=1S/C21H22F3NO4/c1-2-3-4-5-18(26)14-6-7-19(17(25)11-14)29-16-9-13(10-20(27)28)8-15(12-16)21(22,23)24/h6-9,11-12H,2-5,10,25H2,1H3,(H,27,28). The minimum Gasteiger partial charge on any atom is -0.481 e. The number of carboxylic acids is 1. The number of nitrogens with two attached hydrogens (primary N) is 1. The number of aliphatic carboxylic acids is 1. The van der Waals surface area contributed by atoms with Gasteiger partial charge in [0.15, 0.2) is 5.78 Å². The van der Waals surface area contributed by atoms with Crippen molar-refractivity contribution >= 4 is 17.4 Å². The Balaban J connectivity index is 2.26. The number of benzene rings is 2. The summed E-state index contributed by atoms with van der Waals surface area (Å²) < 4.78 is 44.8. The maximum absolute atomic E-state index is 13.1. The highest BCUT2D eigenvalue weighted by Gasteiger charge is 2.31. The van der Waals surface area contributed by atoms with E-state index < -0.39 is 24.1 Å². The summed E-state index contributed by atoms with van der Waals surface area (Å²) in [6.45, 7) is 2.03. The smallest absolute Gasteiger partial charge is 0.416 e. The van der Waals surface area contributed by atoms with E-state index in [1.165, 1.54) is 24.3 Å². The molecular weight excluding hydrogens is 387 g/mol. The van der Waals surface area contributed by atoms with Crippen molar-refractivity contribution < 1.29 is 32.6 Å². The molecule has 2 aromatic rings. The van der Waals surface area contributed by atoms with Crippen LogP contribution in [0.1, 0.15) is 54.1 Å². The normalized spacial score (nSPS) is 11.3. The molecule has 0 amide bonds. The zero-order valence-corrected chi connectivity index (χ0v) is 15.9. The molecule has 0 bridgehead atoms. The molecule has 2 rings (SSSR count). The summed E-state index contributed by atoms with van der Waals surface area (Å²) in [5.74, 6) is -1.44. The molecule has 0 heterocycles. The molecule has 0 unspecified atom stereocenters. The Hall–Kier alpha value is -3.03. The van der Waals surface area contributed by atoms with Crippen molar-refractivity contribution in [1.82, 2.24) is 0 Å². The monoisotopic (exact) mass is 409 g/mol. The lowest BCUT2D eigenvalue weighted by molar-refractivity contribution is -0.138. The predicted octanol–water partition coefficient (Wildman–Crippen LogP) is 5.47. The largest absolute Gasteiger partial charge is 0.481 e. The predicted molar refractivity (Wildman–Crippen MR) is 102 cm³/mol. The number of carboxylic acid groups (broad SMARTS) is 1. The summed E-state index contributed by atoms with van der Waals surface area (Å²) in [5.41, 5.74) is 5.34. The molecule has 0 radical (unpaired) electrons. The number of Topliss-reactive ketones (excluding diaryl/α,β-unsaturated/α-hetero) is 1. The third kappa shape index (κ3) is 6.51. The van der Waals surface area contributed by atoms with E-state index in [-0.39, 0.29) is 28.5 Å². The molecule has 3 N–H and O–H groups in total. The van der Waals surface area contributed by atoms with Crippen LogP contribution >= 0.6 is 0 Å². The van der Waals surface area contributed by atoms with Gasteiger partial charge in [0.2, 0.25) is 0 Å². The maximum atomic E-state index is 13.1. The van der Waals surface area contributed by atoms with Crippen LogP contribution < -0.4 is 10.5 Å². The Bertz CT molecular complexity index is 894. The van der Waals surface area contributed by atoms with Gasteiger partial charge in [0.25, 0.3) is 0 Å². The Morgan fingerprint density at radius 2 is 1.83 bits per heavy atom. The summed E-state index contributed by atoms with van der Waals surface area (Å²) in [6.07, 6.45) is -2.16. The molecule has 29 heavy (non-hydrogen) atoms. The Morgan fingerprint density at radius 3 is 2.41 bits per heavy atom. The quantitative estimate of drug-likeness (QED) is 0.326. The van der Waals surface area contributed by atoms with E-state index in [2.05, 4.69) is 0 Å². The van der Waals surface area contributed by atoms with Crippen LogP contribution in [0.25, 0.3) is 0 Å². The molecule has 0 fully saturated rings.